The van der Waals surface area contributed by atoms with Crippen LogP contribution in [0.3, 0.4) is 0 Å². The topological polar surface area (TPSA) is 12.5 Å². The van der Waals surface area contributed by atoms with E-state index in [0.717, 1.165) is 31.1 Å². The molecule has 1 aromatic carbocycles. The second-order valence-corrected chi connectivity index (χ2v) is 5.99. The first-order valence-electron chi connectivity index (χ1n) is 6.65. The predicted molar refractivity (Wildman–Crippen MR) is 76.1 cm³/mol. The van der Waals surface area contributed by atoms with E-state index < -0.39 is 0 Å². The van der Waals surface area contributed by atoms with Crippen LogP contribution in [0.5, 0.6) is 0 Å². The lowest BCUT2D eigenvalue weighted by Gasteiger charge is -2.42. The lowest BCUT2D eigenvalue weighted by atomic mass is 9.99. The molecule has 1 heterocycles. The van der Waals surface area contributed by atoms with Crippen molar-refractivity contribution in [2.75, 3.05) is 19.7 Å². The molecule has 1 aliphatic heterocycles. The first-order valence-corrected chi connectivity index (χ1v) is 7.03. The Morgan fingerprint density at radius 3 is 2.56 bits per heavy atom. The standard InChI is InChI=1S/C15H22ClNO/c1-4-14(12-5-7-13(16)8-6-12)17-9-10-18-15(2,3)11-17/h5-8,14H,4,9-11H2,1-3H3. The van der Waals surface area contributed by atoms with Gasteiger partial charge >= 0.3 is 0 Å². The Hall–Kier alpha value is -0.570. The summed E-state index contributed by atoms with van der Waals surface area (Å²) in [6.07, 6.45) is 1.11. The zero-order chi connectivity index (χ0) is 13.2. The van der Waals surface area contributed by atoms with E-state index in [-0.39, 0.29) is 5.60 Å². The van der Waals surface area contributed by atoms with Crippen LogP contribution >= 0.6 is 11.6 Å². The van der Waals surface area contributed by atoms with E-state index in [1.165, 1.54) is 5.56 Å². The molecule has 1 aliphatic rings. The Balaban J connectivity index is 2.15. The minimum Gasteiger partial charge on any atom is -0.373 e. The van der Waals surface area contributed by atoms with Crippen molar-refractivity contribution in [3.63, 3.8) is 0 Å². The Morgan fingerprint density at radius 1 is 1.33 bits per heavy atom. The van der Waals surface area contributed by atoms with E-state index in [4.69, 9.17) is 16.3 Å². The summed E-state index contributed by atoms with van der Waals surface area (Å²) in [6.45, 7) is 9.36. The van der Waals surface area contributed by atoms with Crippen LogP contribution in [0.1, 0.15) is 38.8 Å². The molecule has 18 heavy (non-hydrogen) atoms. The predicted octanol–water partition coefficient (Wildman–Crippen LogP) is 3.90. The van der Waals surface area contributed by atoms with Crippen molar-refractivity contribution in [3.05, 3.63) is 34.9 Å². The van der Waals surface area contributed by atoms with Crippen LogP contribution in [-0.2, 0) is 4.74 Å². The first kappa shape index (κ1) is 13.9. The van der Waals surface area contributed by atoms with Crippen molar-refractivity contribution >= 4 is 11.6 Å². The Morgan fingerprint density at radius 2 is 2.00 bits per heavy atom. The number of rotatable bonds is 3. The molecule has 0 aromatic heterocycles. The van der Waals surface area contributed by atoms with Gasteiger partial charge in [-0.2, -0.15) is 0 Å². The zero-order valence-electron chi connectivity index (χ0n) is 11.4. The fraction of sp³-hybridized carbons (Fsp3) is 0.600. The van der Waals surface area contributed by atoms with E-state index in [2.05, 4.69) is 37.8 Å². The number of hydrogen-bond acceptors (Lipinski definition) is 2. The average molecular weight is 268 g/mol. The maximum absolute atomic E-state index is 5.96. The van der Waals surface area contributed by atoms with E-state index in [0.29, 0.717) is 6.04 Å². The van der Waals surface area contributed by atoms with E-state index >= 15 is 0 Å². The molecule has 1 aromatic rings. The monoisotopic (exact) mass is 267 g/mol. The molecule has 100 valence electrons. The summed E-state index contributed by atoms with van der Waals surface area (Å²) >= 11 is 5.96. The number of halogens is 1. The summed E-state index contributed by atoms with van der Waals surface area (Å²) < 4.78 is 5.78. The molecular weight excluding hydrogens is 246 g/mol. The maximum Gasteiger partial charge on any atom is 0.0753 e. The van der Waals surface area contributed by atoms with Gasteiger partial charge in [-0.15, -0.1) is 0 Å². The first-order chi connectivity index (χ1) is 8.52. The molecule has 0 saturated carbocycles. The highest BCUT2D eigenvalue weighted by molar-refractivity contribution is 6.30. The fourth-order valence-corrected chi connectivity index (χ4v) is 2.83. The van der Waals surface area contributed by atoms with Gasteiger partial charge in [-0.1, -0.05) is 30.7 Å². The third kappa shape index (κ3) is 3.25. The van der Waals surface area contributed by atoms with E-state index in [9.17, 15) is 0 Å². The Labute approximate surface area is 115 Å². The fourth-order valence-electron chi connectivity index (χ4n) is 2.71. The molecule has 2 rings (SSSR count). The minimum absolute atomic E-state index is 0.0436. The molecule has 1 saturated heterocycles. The number of morpholine rings is 1. The zero-order valence-corrected chi connectivity index (χ0v) is 12.2. The third-order valence-electron chi connectivity index (χ3n) is 3.54. The summed E-state index contributed by atoms with van der Waals surface area (Å²) in [5.41, 5.74) is 1.30. The molecule has 3 heteroatoms. The summed E-state index contributed by atoms with van der Waals surface area (Å²) in [6, 6.07) is 8.69. The van der Waals surface area contributed by atoms with Crippen LogP contribution in [-0.4, -0.2) is 30.2 Å². The molecular formula is C15H22ClNO. The van der Waals surface area contributed by atoms with Gasteiger partial charge in [-0.05, 0) is 38.0 Å². The van der Waals surface area contributed by atoms with Crippen molar-refractivity contribution in [1.82, 2.24) is 4.90 Å². The highest BCUT2D eigenvalue weighted by Crippen LogP contribution is 2.29. The van der Waals surface area contributed by atoms with Crippen LogP contribution in [0.25, 0.3) is 0 Å². The molecule has 2 nitrogen and oxygen atoms in total. The molecule has 0 radical (unpaired) electrons. The minimum atomic E-state index is -0.0436. The molecule has 0 bridgehead atoms. The van der Waals surface area contributed by atoms with Crippen LogP contribution in [0.2, 0.25) is 5.02 Å². The third-order valence-corrected chi connectivity index (χ3v) is 3.79. The summed E-state index contributed by atoms with van der Waals surface area (Å²) in [7, 11) is 0. The lowest BCUT2D eigenvalue weighted by molar-refractivity contribution is -0.0980. The highest BCUT2D eigenvalue weighted by Gasteiger charge is 2.31. The molecule has 1 unspecified atom stereocenters. The molecule has 0 spiro atoms. The second kappa shape index (κ2) is 5.60. The summed E-state index contributed by atoms with van der Waals surface area (Å²) in [4.78, 5) is 2.52. The number of nitrogens with zero attached hydrogens (tertiary/aromatic N) is 1. The van der Waals surface area contributed by atoms with Gasteiger partial charge in [0.05, 0.1) is 12.2 Å². The van der Waals surface area contributed by atoms with Crippen molar-refractivity contribution in [2.24, 2.45) is 0 Å². The second-order valence-electron chi connectivity index (χ2n) is 5.55. The maximum atomic E-state index is 5.96. The number of hydrogen-bond donors (Lipinski definition) is 0. The van der Waals surface area contributed by atoms with Crippen molar-refractivity contribution in [3.8, 4) is 0 Å². The van der Waals surface area contributed by atoms with E-state index in [1.54, 1.807) is 0 Å². The largest absolute Gasteiger partial charge is 0.373 e. The summed E-state index contributed by atoms with van der Waals surface area (Å²) in [5, 5.41) is 0.802. The average Bonchev–Trinajstić information content (AvgIpc) is 2.31. The Kier molecular flexibility index (Phi) is 4.31. The van der Waals surface area contributed by atoms with Crippen LogP contribution in [0.15, 0.2) is 24.3 Å². The van der Waals surface area contributed by atoms with E-state index in [1.807, 2.05) is 12.1 Å². The van der Waals surface area contributed by atoms with Crippen molar-refractivity contribution in [2.45, 2.75) is 38.8 Å². The highest BCUT2D eigenvalue weighted by atomic mass is 35.5. The van der Waals surface area contributed by atoms with Gasteiger partial charge in [-0.3, -0.25) is 4.90 Å². The van der Waals surface area contributed by atoms with Gasteiger partial charge in [-0.25, -0.2) is 0 Å². The molecule has 1 fully saturated rings. The van der Waals surface area contributed by atoms with Crippen LogP contribution in [0, 0.1) is 0 Å². The quantitative estimate of drug-likeness (QED) is 0.824. The smallest absolute Gasteiger partial charge is 0.0753 e. The Bertz CT molecular complexity index is 388. The van der Waals surface area contributed by atoms with Gasteiger partial charge in [0.15, 0.2) is 0 Å². The summed E-state index contributed by atoms with van der Waals surface area (Å²) in [5.74, 6) is 0. The number of ether oxygens (including phenoxy) is 1. The van der Waals surface area contributed by atoms with Gasteiger partial charge in [0.2, 0.25) is 0 Å². The van der Waals surface area contributed by atoms with Gasteiger partial charge < -0.3 is 4.74 Å². The molecule has 1 atom stereocenters. The lowest BCUT2D eigenvalue weighted by Crippen LogP contribution is -2.49. The van der Waals surface area contributed by atoms with Crippen molar-refractivity contribution < 1.29 is 4.74 Å². The van der Waals surface area contributed by atoms with Gasteiger partial charge in [0, 0.05) is 24.2 Å². The van der Waals surface area contributed by atoms with Crippen LogP contribution < -0.4 is 0 Å². The number of benzene rings is 1. The van der Waals surface area contributed by atoms with Crippen LogP contribution in [0.4, 0.5) is 0 Å². The molecule has 0 amide bonds. The molecule has 0 N–H and O–H groups in total. The SMILES string of the molecule is CCC(c1ccc(Cl)cc1)N1CCOC(C)(C)C1. The van der Waals surface area contributed by atoms with Crippen molar-refractivity contribution in [1.29, 1.82) is 0 Å². The normalized spacial score (nSPS) is 21.8. The molecule has 0 aliphatic carbocycles. The van der Waals surface area contributed by atoms with Gasteiger partial charge in [0.1, 0.15) is 0 Å². The van der Waals surface area contributed by atoms with Gasteiger partial charge in [0.25, 0.3) is 0 Å².